The Morgan fingerprint density at radius 2 is 1.34 bits per heavy atom. The van der Waals surface area contributed by atoms with Gasteiger partial charge in [-0.25, -0.2) is 4.79 Å². The number of carbonyl (C=O) groups excluding carboxylic acids is 8. The Morgan fingerprint density at radius 3 is 1.99 bits per heavy atom. The number of aromatic nitrogens is 1. The lowest BCUT2D eigenvalue weighted by Gasteiger charge is -2.31. The highest BCUT2D eigenvalue weighted by Gasteiger charge is 2.41. The fourth-order valence-electron chi connectivity index (χ4n) is 8.26. The number of H-pyrrole nitrogens is 1. The molecule has 7 atom stereocenters. The molecule has 2 aliphatic heterocycles. The average molecular weight is 939 g/mol. The summed E-state index contributed by atoms with van der Waals surface area (Å²) in [5.74, 6) is -6.92. The number of likely N-dealkylation sites (tertiary alicyclic amines) is 2. The first kappa shape index (κ1) is 52.8. The fraction of sp³-hybridized carbons (Fsp3) is 0.581. The predicted octanol–water partition coefficient (Wildman–Crippen LogP) is -3.37. The van der Waals surface area contributed by atoms with E-state index in [0.29, 0.717) is 32.2 Å². The first-order valence-corrected chi connectivity index (χ1v) is 22.6. The molecule has 0 spiro atoms. The summed E-state index contributed by atoms with van der Waals surface area (Å²) in [6, 6.07) is -0.898. The number of para-hydroxylation sites is 1. The van der Waals surface area contributed by atoms with Crippen molar-refractivity contribution in [2.75, 3.05) is 32.7 Å². The van der Waals surface area contributed by atoms with Crippen LogP contribution in [-0.4, -0.2) is 154 Å². The summed E-state index contributed by atoms with van der Waals surface area (Å²) in [6.07, 6.45) is 3.84. The number of unbranched alkanes of at least 4 members (excludes halogenated alkanes) is 1. The number of carboxylic acids is 1. The van der Waals surface area contributed by atoms with Gasteiger partial charge in [-0.2, -0.15) is 0 Å². The highest BCUT2D eigenvalue weighted by atomic mass is 16.4. The van der Waals surface area contributed by atoms with Gasteiger partial charge in [0.05, 0.1) is 6.54 Å². The third kappa shape index (κ3) is 15.4. The van der Waals surface area contributed by atoms with Crippen molar-refractivity contribution in [3.63, 3.8) is 0 Å². The number of nitrogens with one attached hydrogen (secondary N) is 6. The maximum Gasteiger partial charge on any atom is 0.326 e. The minimum absolute atomic E-state index is 0.0184. The highest BCUT2D eigenvalue weighted by molar-refractivity contribution is 5.98. The Labute approximate surface area is 387 Å². The van der Waals surface area contributed by atoms with Gasteiger partial charge in [-0.05, 0) is 89.3 Å². The number of aromatic amines is 1. The minimum atomic E-state index is -1.31. The molecule has 1 aromatic carbocycles. The van der Waals surface area contributed by atoms with Crippen LogP contribution in [0.15, 0.2) is 35.5 Å². The van der Waals surface area contributed by atoms with Crippen LogP contribution in [0.4, 0.5) is 0 Å². The summed E-state index contributed by atoms with van der Waals surface area (Å²) in [5.41, 5.74) is 29.2. The summed E-state index contributed by atoms with van der Waals surface area (Å²) in [6.45, 7) is 1.65. The van der Waals surface area contributed by atoms with Gasteiger partial charge in [0.25, 0.3) is 0 Å². The molecule has 0 bridgehead atoms. The topological polar surface area (TPSA) is 399 Å². The van der Waals surface area contributed by atoms with Crippen LogP contribution in [0.3, 0.4) is 0 Å². The quantitative estimate of drug-likeness (QED) is 0.0249. The Morgan fingerprint density at radius 1 is 0.746 bits per heavy atom. The number of nitrogens with two attached hydrogens (primary N) is 5. The zero-order valence-corrected chi connectivity index (χ0v) is 37.8. The Bertz CT molecular complexity index is 2130. The molecule has 8 amide bonds. The van der Waals surface area contributed by atoms with E-state index in [9.17, 15) is 48.3 Å². The largest absolute Gasteiger partial charge is 0.480 e. The molecule has 2 aliphatic rings. The Hall–Kier alpha value is -6.82. The molecular weight excluding hydrogens is 873 g/mol. The number of aliphatic carboxylic acids is 1. The van der Waals surface area contributed by atoms with Crippen molar-refractivity contribution in [1.82, 2.24) is 41.4 Å². The molecule has 1 aromatic heterocycles. The van der Waals surface area contributed by atoms with Crippen LogP contribution in [0.2, 0.25) is 0 Å². The summed E-state index contributed by atoms with van der Waals surface area (Å²) in [4.78, 5) is 129. The summed E-state index contributed by atoms with van der Waals surface area (Å²) in [5, 5.41) is 23.7. The molecule has 17 N–H and O–H groups in total. The van der Waals surface area contributed by atoms with E-state index in [1.165, 1.54) is 11.8 Å². The van der Waals surface area contributed by atoms with Gasteiger partial charge >= 0.3 is 5.97 Å². The zero-order chi connectivity index (χ0) is 49.2. The maximum absolute atomic E-state index is 14.4. The molecule has 24 nitrogen and oxygen atoms in total. The van der Waals surface area contributed by atoms with Crippen LogP contribution in [0, 0.1) is 0 Å². The van der Waals surface area contributed by atoms with Gasteiger partial charge in [-0.1, -0.05) is 18.2 Å². The molecule has 0 aliphatic carbocycles. The van der Waals surface area contributed by atoms with Crippen LogP contribution in [0.1, 0.15) is 83.1 Å². The molecular formula is C43H66N14O10. The van der Waals surface area contributed by atoms with E-state index in [2.05, 4.69) is 36.6 Å². The van der Waals surface area contributed by atoms with Gasteiger partial charge < -0.3 is 75.1 Å². The standard InChI is InChI=1S/C43H66N14O10/c1-24(36(60)54-30(15-16-34(46)58)41(65)57-20-8-14-33(57)42(66)67)51-39(63)32-13-7-19-56(32)40(64)29(11-4-5-17-44)55-37(61)28(12-6-18-49-43(47)48)53-38(62)31(52-35(59)22-45)21-25-23-50-27-10-3-2-9-26(25)27/h2-3,9-10,23-24,28-33,50H,4-8,11-22,44-45H2,1H3,(H2,46,58)(H,51,63)(H,52,59)(H,53,62)(H,54,60)(H,55,61)(H,66,67)(H4,47,48,49)/t24-,28-,29-,30-,31+,32-,33-/m0/s1. The van der Waals surface area contributed by atoms with E-state index in [4.69, 9.17) is 28.7 Å². The smallest absolute Gasteiger partial charge is 0.326 e. The third-order valence-corrected chi connectivity index (χ3v) is 11.8. The number of hydrogen-bond donors (Lipinski definition) is 12. The van der Waals surface area contributed by atoms with E-state index < -0.39 is 102 Å². The molecule has 0 saturated carbocycles. The van der Waals surface area contributed by atoms with Crippen molar-refractivity contribution in [1.29, 1.82) is 0 Å². The molecule has 24 heteroatoms. The average Bonchev–Trinajstić information content (AvgIpc) is 4.08. The van der Waals surface area contributed by atoms with Crippen LogP contribution in [0.25, 0.3) is 10.9 Å². The van der Waals surface area contributed by atoms with Crippen molar-refractivity contribution >= 4 is 70.1 Å². The number of carboxylic acid groups (broad SMARTS) is 1. The fourth-order valence-corrected chi connectivity index (χ4v) is 8.26. The number of rotatable bonds is 26. The summed E-state index contributed by atoms with van der Waals surface area (Å²) < 4.78 is 0. The van der Waals surface area contributed by atoms with Gasteiger partial charge in [-0.3, -0.25) is 43.3 Å². The number of benzene rings is 1. The van der Waals surface area contributed by atoms with Crippen LogP contribution in [-0.2, 0) is 49.6 Å². The van der Waals surface area contributed by atoms with Crippen molar-refractivity contribution in [2.24, 2.45) is 33.7 Å². The summed E-state index contributed by atoms with van der Waals surface area (Å²) >= 11 is 0. The van der Waals surface area contributed by atoms with Crippen molar-refractivity contribution in [2.45, 2.75) is 126 Å². The maximum atomic E-state index is 14.4. The molecule has 0 unspecified atom stereocenters. The second-order valence-electron chi connectivity index (χ2n) is 16.8. The number of fused-ring (bicyclic) bond motifs is 1. The second-order valence-corrected chi connectivity index (χ2v) is 16.8. The lowest BCUT2D eigenvalue weighted by atomic mass is 10.0. The predicted molar refractivity (Wildman–Crippen MR) is 245 cm³/mol. The molecule has 2 aromatic rings. The molecule has 4 rings (SSSR count). The normalized spacial score (nSPS) is 17.9. The molecule has 3 heterocycles. The van der Waals surface area contributed by atoms with E-state index in [1.807, 2.05) is 24.3 Å². The van der Waals surface area contributed by atoms with E-state index in [1.54, 1.807) is 6.20 Å². The SMILES string of the molecule is C[C@H](NC(=O)[C@@H]1CCCN1C(=O)[C@H](CCCCN)NC(=O)[C@H](CCCN=C(N)N)NC(=O)[C@@H](Cc1c[nH]c2ccccc12)NC(=O)CN)C(=O)N[C@@H](CCC(N)=O)C(=O)N1CCC[C@H]1C(=O)O. The molecule has 2 saturated heterocycles. The van der Waals surface area contributed by atoms with Gasteiger partial charge in [-0.15, -0.1) is 0 Å². The number of hydrogen-bond acceptors (Lipinski definition) is 12. The van der Waals surface area contributed by atoms with Crippen molar-refractivity contribution in [3.8, 4) is 0 Å². The Balaban J connectivity index is 1.50. The molecule has 368 valence electrons. The van der Waals surface area contributed by atoms with Crippen molar-refractivity contribution in [3.05, 3.63) is 36.0 Å². The minimum Gasteiger partial charge on any atom is -0.480 e. The number of primary amides is 1. The van der Waals surface area contributed by atoms with E-state index >= 15 is 0 Å². The van der Waals surface area contributed by atoms with Gasteiger partial charge in [0.1, 0.15) is 42.3 Å². The number of nitrogens with zero attached hydrogens (tertiary/aromatic N) is 3. The molecule has 2 fully saturated rings. The van der Waals surface area contributed by atoms with Gasteiger partial charge in [0.2, 0.25) is 47.3 Å². The van der Waals surface area contributed by atoms with Gasteiger partial charge in [0.15, 0.2) is 5.96 Å². The zero-order valence-electron chi connectivity index (χ0n) is 37.8. The lowest BCUT2D eigenvalue weighted by Crippen LogP contribution is -2.59. The lowest BCUT2D eigenvalue weighted by molar-refractivity contribution is -0.149. The van der Waals surface area contributed by atoms with Gasteiger partial charge in [0, 0.05) is 49.6 Å². The summed E-state index contributed by atoms with van der Waals surface area (Å²) in [7, 11) is 0. The van der Waals surface area contributed by atoms with Crippen LogP contribution < -0.4 is 55.3 Å². The first-order valence-electron chi connectivity index (χ1n) is 22.6. The number of aliphatic imine (C=N–C) groups is 1. The first-order chi connectivity index (χ1) is 31.9. The highest BCUT2D eigenvalue weighted by Crippen LogP contribution is 2.23. The van der Waals surface area contributed by atoms with Crippen molar-refractivity contribution < 1.29 is 48.3 Å². The Kier molecular flexibility index (Phi) is 20.3. The van der Waals surface area contributed by atoms with Crippen LogP contribution in [0.5, 0.6) is 0 Å². The second kappa shape index (κ2) is 25.8. The number of guanidine groups is 1. The molecule has 0 radical (unpaired) electrons. The van der Waals surface area contributed by atoms with E-state index in [-0.39, 0.29) is 77.0 Å². The van der Waals surface area contributed by atoms with Crippen LogP contribution >= 0.6 is 0 Å². The number of amides is 8. The molecule has 67 heavy (non-hydrogen) atoms. The third-order valence-electron chi connectivity index (χ3n) is 11.8. The van der Waals surface area contributed by atoms with E-state index in [0.717, 1.165) is 21.4 Å². The number of carbonyl (C=O) groups is 9. The monoisotopic (exact) mass is 939 g/mol.